The summed E-state index contributed by atoms with van der Waals surface area (Å²) < 4.78 is 147. The molecule has 1 aliphatic rings. The minimum atomic E-state index is -6.45. The van der Waals surface area contributed by atoms with E-state index in [0.717, 1.165) is 37.1 Å². The highest BCUT2D eigenvalue weighted by atomic mass is 32.2. The number of ketones is 1. The van der Waals surface area contributed by atoms with Gasteiger partial charge in [0.15, 0.2) is 28.2 Å². The smallest absolute Gasteiger partial charge is 0.423 e. The number of hydrogen-bond acceptors (Lipinski definition) is 11. The Hall–Kier alpha value is -4.59. The zero-order chi connectivity index (χ0) is 45.6. The normalized spacial score (nSPS) is 16.8. The van der Waals surface area contributed by atoms with E-state index in [-0.39, 0.29) is 19.3 Å². The van der Waals surface area contributed by atoms with E-state index in [0.29, 0.717) is 19.3 Å². The molecule has 0 aliphatic heterocycles. The van der Waals surface area contributed by atoms with E-state index in [1.165, 1.54) is 20.1 Å². The summed E-state index contributed by atoms with van der Waals surface area (Å²) in [6.07, 6.45) is -6.42. The Morgan fingerprint density at radius 2 is 1.35 bits per heavy atom. The number of carbonyl (C=O) groups is 5. The van der Waals surface area contributed by atoms with Gasteiger partial charge in [-0.15, -0.1) is 0 Å². The Bertz CT molecular complexity index is 2030. The second kappa shape index (κ2) is 19.0. The molecule has 3 unspecified atom stereocenters. The van der Waals surface area contributed by atoms with E-state index in [4.69, 9.17) is 14.2 Å². The molecule has 1 fully saturated rings. The zero-order valence-corrected chi connectivity index (χ0v) is 34.9. The average molecular weight is 884 g/mol. The van der Waals surface area contributed by atoms with Crippen LogP contribution in [0.1, 0.15) is 114 Å². The van der Waals surface area contributed by atoms with E-state index >= 15 is 17.6 Å². The molecule has 2 aromatic rings. The molecular formula is C40H48F7NO11S. The second-order valence-electron chi connectivity index (χ2n) is 15.9. The van der Waals surface area contributed by atoms with Crippen molar-refractivity contribution in [2.75, 3.05) is 20.3 Å². The number of Topliss-reactive ketones (excluding diaryl/α,β-unsaturated/α-hetero) is 1. The molecular weight excluding hydrogens is 835 g/mol. The fourth-order valence-corrected chi connectivity index (χ4v) is 8.54. The highest BCUT2D eigenvalue weighted by molar-refractivity contribution is 7.86. The molecule has 0 spiro atoms. The predicted molar refractivity (Wildman–Crippen MR) is 198 cm³/mol. The lowest BCUT2D eigenvalue weighted by Crippen LogP contribution is -2.47. The van der Waals surface area contributed by atoms with Crippen molar-refractivity contribution in [3.05, 3.63) is 64.7 Å². The van der Waals surface area contributed by atoms with Crippen LogP contribution in [-0.2, 0) is 42.9 Å². The Labute approximate surface area is 343 Å². The largest absolute Gasteiger partial charge is 0.469 e. The first-order valence-electron chi connectivity index (χ1n) is 18.9. The maximum absolute atomic E-state index is 15.1. The van der Waals surface area contributed by atoms with Crippen molar-refractivity contribution in [3.8, 4) is 0 Å². The van der Waals surface area contributed by atoms with Crippen LogP contribution in [0.3, 0.4) is 0 Å². The van der Waals surface area contributed by atoms with Gasteiger partial charge >= 0.3 is 34.2 Å². The first kappa shape index (κ1) is 49.8. The molecule has 2 aromatic carbocycles. The molecule has 60 heavy (non-hydrogen) atoms. The van der Waals surface area contributed by atoms with E-state index in [9.17, 15) is 45.6 Å². The van der Waals surface area contributed by atoms with Crippen molar-refractivity contribution in [1.82, 2.24) is 5.32 Å². The summed E-state index contributed by atoms with van der Waals surface area (Å²) in [5.74, 6) is -17.1. The van der Waals surface area contributed by atoms with Crippen molar-refractivity contribution in [2.45, 2.75) is 116 Å². The molecule has 0 bridgehead atoms. The van der Waals surface area contributed by atoms with Crippen LogP contribution in [-0.4, -0.2) is 76.2 Å². The monoisotopic (exact) mass is 883 g/mol. The van der Waals surface area contributed by atoms with Crippen molar-refractivity contribution in [2.24, 2.45) is 16.2 Å². The molecule has 0 heterocycles. The quantitative estimate of drug-likeness (QED) is 0.0279. The van der Waals surface area contributed by atoms with Gasteiger partial charge in [-0.25, -0.2) is 21.7 Å². The molecule has 0 aromatic heterocycles. The third kappa shape index (κ3) is 11.0. The third-order valence-corrected chi connectivity index (χ3v) is 12.0. The summed E-state index contributed by atoms with van der Waals surface area (Å²) in [4.78, 5) is 62.8. The lowest BCUT2D eigenvalue weighted by atomic mass is 9.65. The van der Waals surface area contributed by atoms with Crippen LogP contribution in [0.25, 0.3) is 0 Å². The highest BCUT2D eigenvalue weighted by Gasteiger charge is 2.53. The third-order valence-electron chi connectivity index (χ3n) is 10.7. The van der Waals surface area contributed by atoms with Gasteiger partial charge in [0.25, 0.3) is 5.91 Å². The molecule has 1 amide bonds. The van der Waals surface area contributed by atoms with Gasteiger partial charge in [-0.1, -0.05) is 44.2 Å². The molecule has 0 saturated heterocycles. The predicted octanol–water partition coefficient (Wildman–Crippen LogP) is 7.70. The standard InChI is InChI=1S/C40H48F7NO11S/c1-8-37(5,22-38(6,21-36(3,4)33(51)56-7)35(53)58-39(9-2)17-13-14-18-39)34(52)57-20-19-48-32(50)24-25(41)27(43)30(28(44)26(24)42)60(54,55)59-31(40(45,46)47)29(49)23-15-11-10-12-16-23/h10-12,15-16,31H,8-9,13-14,17-22H2,1-7H3,(H,48,50). The summed E-state index contributed by atoms with van der Waals surface area (Å²) in [7, 11) is -5.26. The number of carbonyl (C=O) groups excluding carboxylic acids is 5. The number of halogens is 7. The van der Waals surface area contributed by atoms with Gasteiger partial charge in [0.05, 0.1) is 29.9 Å². The Kier molecular flexibility index (Phi) is 15.8. The molecule has 12 nitrogen and oxygen atoms in total. The fourth-order valence-electron chi connectivity index (χ4n) is 7.38. The highest BCUT2D eigenvalue weighted by Crippen LogP contribution is 2.48. The number of benzene rings is 2. The van der Waals surface area contributed by atoms with Gasteiger partial charge in [-0.2, -0.15) is 21.6 Å². The maximum atomic E-state index is 15.1. The van der Waals surface area contributed by atoms with Gasteiger partial charge in [0.2, 0.25) is 11.9 Å². The number of ether oxygens (including phenoxy) is 3. The molecule has 334 valence electrons. The maximum Gasteiger partial charge on any atom is 0.423 e. The zero-order valence-electron chi connectivity index (χ0n) is 34.1. The number of alkyl halides is 3. The van der Waals surface area contributed by atoms with Crippen LogP contribution in [0.4, 0.5) is 30.7 Å². The summed E-state index contributed by atoms with van der Waals surface area (Å²) in [5.41, 5.74) is -7.60. The van der Waals surface area contributed by atoms with Crippen molar-refractivity contribution >= 4 is 39.7 Å². The van der Waals surface area contributed by atoms with Crippen LogP contribution in [0.5, 0.6) is 0 Å². The number of methoxy groups -OCH3 is 1. The number of esters is 3. The minimum absolute atomic E-state index is 0.0801. The summed E-state index contributed by atoms with van der Waals surface area (Å²) in [6, 6.07) is 5.21. The topological polar surface area (TPSA) is 168 Å². The second-order valence-corrected chi connectivity index (χ2v) is 17.4. The van der Waals surface area contributed by atoms with E-state index < -0.39 is 126 Å². The van der Waals surface area contributed by atoms with Crippen LogP contribution in [0.2, 0.25) is 0 Å². The van der Waals surface area contributed by atoms with Gasteiger partial charge in [-0.05, 0) is 79.1 Å². The molecule has 0 radical (unpaired) electrons. The lowest BCUT2D eigenvalue weighted by molar-refractivity contribution is -0.180. The Balaban J connectivity index is 1.80. The lowest BCUT2D eigenvalue weighted by Gasteiger charge is -2.41. The van der Waals surface area contributed by atoms with E-state index in [1.807, 2.05) is 12.2 Å². The average Bonchev–Trinajstić information content (AvgIpc) is 3.65. The first-order chi connectivity index (χ1) is 27.7. The number of nitrogens with one attached hydrogen (secondary N) is 1. The molecule has 20 heteroatoms. The van der Waals surface area contributed by atoms with Gasteiger partial charge in [-0.3, -0.25) is 24.0 Å². The molecule has 1 saturated carbocycles. The van der Waals surface area contributed by atoms with E-state index in [1.54, 1.807) is 27.7 Å². The van der Waals surface area contributed by atoms with Crippen molar-refractivity contribution < 1.29 is 81.5 Å². The number of hydrogen-bond donors (Lipinski definition) is 1. The van der Waals surface area contributed by atoms with E-state index in [2.05, 4.69) is 4.18 Å². The molecule has 3 rings (SSSR count). The van der Waals surface area contributed by atoms with Gasteiger partial charge in [0.1, 0.15) is 17.8 Å². The fraction of sp³-hybridized carbons (Fsp3) is 0.575. The SMILES string of the molecule is CCC1(OC(=O)C(C)(CC(C)(C)C(=O)OC)CC(C)(CC)C(=O)OCCNC(=O)c2c(F)c(F)c(S(=O)(=O)OC(C(=O)c3ccccc3)C(F)(F)F)c(F)c2F)CCCC1. The molecule has 3 atom stereocenters. The van der Waals surface area contributed by atoms with Gasteiger partial charge in [0, 0.05) is 5.56 Å². The van der Waals surface area contributed by atoms with Crippen LogP contribution < -0.4 is 5.32 Å². The van der Waals surface area contributed by atoms with Crippen LogP contribution >= 0.6 is 0 Å². The summed E-state index contributed by atoms with van der Waals surface area (Å²) >= 11 is 0. The van der Waals surface area contributed by atoms with Crippen LogP contribution in [0.15, 0.2) is 35.2 Å². The minimum Gasteiger partial charge on any atom is -0.469 e. The first-order valence-corrected chi connectivity index (χ1v) is 20.3. The number of rotatable bonds is 19. The van der Waals surface area contributed by atoms with Crippen molar-refractivity contribution in [1.29, 1.82) is 0 Å². The number of amides is 1. The van der Waals surface area contributed by atoms with Crippen molar-refractivity contribution in [3.63, 3.8) is 0 Å². The van der Waals surface area contributed by atoms with Gasteiger partial charge < -0.3 is 19.5 Å². The summed E-state index contributed by atoms with van der Waals surface area (Å²) in [5, 5.41) is 1.84. The Morgan fingerprint density at radius 3 is 1.83 bits per heavy atom. The summed E-state index contributed by atoms with van der Waals surface area (Å²) in [6.45, 7) is 8.24. The Morgan fingerprint density at radius 1 is 0.800 bits per heavy atom. The van der Waals surface area contributed by atoms with Crippen LogP contribution in [0, 0.1) is 39.5 Å². The molecule has 1 aliphatic carbocycles. The molecule has 1 N–H and O–H groups in total.